The number of hydrogen-bond donors (Lipinski definition) is 2. The summed E-state index contributed by atoms with van der Waals surface area (Å²) in [7, 11) is 0. The number of amides is 1. The highest BCUT2D eigenvalue weighted by molar-refractivity contribution is 9.10. The molecule has 1 atom stereocenters. The first-order valence-corrected chi connectivity index (χ1v) is 7.04. The molecule has 104 valence electrons. The number of halogens is 2. The van der Waals surface area contributed by atoms with Crippen LogP contribution in [0.1, 0.15) is 6.92 Å². The Kier molecular flexibility index (Phi) is 4.90. The van der Waals surface area contributed by atoms with Crippen molar-refractivity contribution in [2.24, 2.45) is 0 Å². The summed E-state index contributed by atoms with van der Waals surface area (Å²) >= 11 is 3.18. The van der Waals surface area contributed by atoms with Crippen LogP contribution in [0.15, 0.2) is 22.7 Å². The molecule has 1 heterocycles. The molecule has 1 saturated heterocycles. The van der Waals surface area contributed by atoms with E-state index in [1.807, 2.05) is 0 Å². The van der Waals surface area contributed by atoms with E-state index >= 15 is 0 Å². The summed E-state index contributed by atoms with van der Waals surface area (Å²) in [5.41, 5.74) is 0.219. The van der Waals surface area contributed by atoms with Crippen LogP contribution in [0.5, 0.6) is 0 Å². The number of rotatable bonds is 3. The Morgan fingerprint density at radius 2 is 2.42 bits per heavy atom. The third kappa shape index (κ3) is 4.26. The smallest absolute Gasteiger partial charge is 0.238 e. The first-order chi connectivity index (χ1) is 9.04. The lowest BCUT2D eigenvalue weighted by molar-refractivity contribution is -0.117. The summed E-state index contributed by atoms with van der Waals surface area (Å²) < 4.78 is 14.2. The van der Waals surface area contributed by atoms with Gasteiger partial charge < -0.3 is 10.6 Å². The topological polar surface area (TPSA) is 44.4 Å². The second-order valence-corrected chi connectivity index (χ2v) is 5.68. The van der Waals surface area contributed by atoms with Gasteiger partial charge in [0.1, 0.15) is 5.82 Å². The van der Waals surface area contributed by atoms with Gasteiger partial charge in [0.05, 0.1) is 12.2 Å². The van der Waals surface area contributed by atoms with E-state index in [0.717, 1.165) is 19.6 Å². The molecule has 2 N–H and O–H groups in total. The molecule has 0 aliphatic carbocycles. The monoisotopic (exact) mass is 329 g/mol. The van der Waals surface area contributed by atoms with Crippen molar-refractivity contribution in [1.29, 1.82) is 0 Å². The second-order valence-electron chi connectivity index (χ2n) is 4.76. The largest absolute Gasteiger partial charge is 0.322 e. The Bertz CT molecular complexity index is 469. The molecule has 0 aromatic heterocycles. The molecule has 1 unspecified atom stereocenters. The lowest BCUT2D eigenvalue weighted by Crippen LogP contribution is -2.51. The zero-order valence-corrected chi connectivity index (χ0v) is 12.3. The van der Waals surface area contributed by atoms with Gasteiger partial charge in [-0.3, -0.25) is 9.69 Å². The maximum absolute atomic E-state index is 13.6. The van der Waals surface area contributed by atoms with Gasteiger partial charge in [0, 0.05) is 30.1 Å². The zero-order chi connectivity index (χ0) is 13.8. The number of anilines is 1. The van der Waals surface area contributed by atoms with E-state index in [1.165, 1.54) is 6.07 Å². The summed E-state index contributed by atoms with van der Waals surface area (Å²) in [6.45, 7) is 4.91. The van der Waals surface area contributed by atoms with Crippen LogP contribution in [0.2, 0.25) is 0 Å². The molecule has 6 heteroatoms. The highest BCUT2D eigenvalue weighted by Crippen LogP contribution is 2.19. The van der Waals surface area contributed by atoms with Crippen molar-refractivity contribution >= 4 is 27.5 Å². The van der Waals surface area contributed by atoms with Crippen molar-refractivity contribution in [3.05, 3.63) is 28.5 Å². The highest BCUT2D eigenvalue weighted by Gasteiger charge is 2.18. The number of benzene rings is 1. The fourth-order valence-electron chi connectivity index (χ4n) is 2.14. The first kappa shape index (κ1) is 14.4. The van der Waals surface area contributed by atoms with Gasteiger partial charge in [-0.25, -0.2) is 4.39 Å². The third-order valence-electron chi connectivity index (χ3n) is 3.03. The highest BCUT2D eigenvalue weighted by atomic mass is 79.9. The van der Waals surface area contributed by atoms with Gasteiger partial charge in [-0.05, 0) is 25.1 Å². The lowest BCUT2D eigenvalue weighted by atomic mass is 10.2. The lowest BCUT2D eigenvalue weighted by Gasteiger charge is -2.31. The van der Waals surface area contributed by atoms with Crippen molar-refractivity contribution in [1.82, 2.24) is 10.2 Å². The average Bonchev–Trinajstić information content (AvgIpc) is 2.33. The zero-order valence-electron chi connectivity index (χ0n) is 10.7. The van der Waals surface area contributed by atoms with Crippen LogP contribution in [-0.2, 0) is 4.79 Å². The van der Waals surface area contributed by atoms with E-state index in [1.54, 1.807) is 12.1 Å². The maximum Gasteiger partial charge on any atom is 0.238 e. The van der Waals surface area contributed by atoms with Crippen LogP contribution in [0.3, 0.4) is 0 Å². The Morgan fingerprint density at radius 1 is 1.63 bits per heavy atom. The molecule has 1 fully saturated rings. The summed E-state index contributed by atoms with van der Waals surface area (Å²) in [6.07, 6.45) is 0. The number of nitrogens with zero attached hydrogens (tertiary/aromatic N) is 1. The van der Waals surface area contributed by atoms with Crippen LogP contribution in [0.25, 0.3) is 0 Å². The molecule has 0 radical (unpaired) electrons. The van der Waals surface area contributed by atoms with E-state index in [2.05, 4.69) is 38.4 Å². The molecule has 4 nitrogen and oxygen atoms in total. The summed E-state index contributed by atoms with van der Waals surface area (Å²) in [5, 5.41) is 5.91. The number of piperazine rings is 1. The van der Waals surface area contributed by atoms with Gasteiger partial charge in [-0.2, -0.15) is 0 Å². The summed E-state index contributed by atoms with van der Waals surface area (Å²) in [5.74, 6) is -0.619. The maximum atomic E-state index is 13.6. The van der Waals surface area contributed by atoms with Crippen molar-refractivity contribution in [2.75, 3.05) is 31.5 Å². The predicted molar refractivity (Wildman–Crippen MR) is 76.6 cm³/mol. The number of hydrogen-bond acceptors (Lipinski definition) is 3. The van der Waals surface area contributed by atoms with E-state index < -0.39 is 5.82 Å². The summed E-state index contributed by atoms with van der Waals surface area (Å²) in [6, 6.07) is 4.97. The molecule has 1 aromatic carbocycles. The van der Waals surface area contributed by atoms with Crippen molar-refractivity contribution in [3.63, 3.8) is 0 Å². The van der Waals surface area contributed by atoms with E-state index in [4.69, 9.17) is 0 Å². The predicted octanol–water partition coefficient (Wildman–Crippen LogP) is 1.82. The Hall–Kier alpha value is -0.980. The van der Waals surface area contributed by atoms with Crippen LogP contribution in [0.4, 0.5) is 10.1 Å². The Labute approximate surface area is 120 Å². The number of carbonyl (C=O) groups is 1. The molecule has 0 bridgehead atoms. The van der Waals surface area contributed by atoms with E-state index in [-0.39, 0.29) is 11.6 Å². The van der Waals surface area contributed by atoms with Crippen molar-refractivity contribution in [2.45, 2.75) is 13.0 Å². The molecule has 0 spiro atoms. The minimum atomic E-state index is -0.434. The Balaban J connectivity index is 1.90. The van der Waals surface area contributed by atoms with Gasteiger partial charge in [0.15, 0.2) is 0 Å². The molecule has 0 saturated carbocycles. The van der Waals surface area contributed by atoms with Crippen molar-refractivity contribution in [3.8, 4) is 0 Å². The van der Waals surface area contributed by atoms with Crippen molar-refractivity contribution < 1.29 is 9.18 Å². The van der Waals surface area contributed by atoms with Gasteiger partial charge in [0.25, 0.3) is 0 Å². The van der Waals surface area contributed by atoms with E-state index in [9.17, 15) is 9.18 Å². The number of nitrogens with one attached hydrogen (secondary N) is 2. The SMILES string of the molecule is CC1CN(CC(=O)Nc2ccc(Br)cc2F)CCN1. The number of carbonyl (C=O) groups excluding carboxylic acids is 1. The minimum absolute atomic E-state index is 0.185. The first-order valence-electron chi connectivity index (χ1n) is 6.25. The molecular formula is C13H17BrFN3O. The fourth-order valence-corrected chi connectivity index (χ4v) is 2.47. The quantitative estimate of drug-likeness (QED) is 0.889. The molecule has 1 aliphatic heterocycles. The van der Waals surface area contributed by atoms with Crippen LogP contribution in [0, 0.1) is 5.82 Å². The summed E-state index contributed by atoms with van der Waals surface area (Å²) in [4.78, 5) is 13.9. The fraction of sp³-hybridized carbons (Fsp3) is 0.462. The standard InChI is InChI=1S/C13H17BrFN3O/c1-9-7-18(5-4-16-9)8-13(19)17-12-3-2-10(14)6-11(12)15/h2-3,6,9,16H,4-5,7-8H2,1H3,(H,17,19). The van der Waals surface area contributed by atoms with Crippen LogP contribution in [-0.4, -0.2) is 43.0 Å². The average molecular weight is 330 g/mol. The van der Waals surface area contributed by atoms with Crippen LogP contribution < -0.4 is 10.6 Å². The second kappa shape index (κ2) is 6.45. The molecule has 2 rings (SSSR count). The molecule has 19 heavy (non-hydrogen) atoms. The molecular weight excluding hydrogens is 313 g/mol. The minimum Gasteiger partial charge on any atom is -0.322 e. The van der Waals surface area contributed by atoms with Gasteiger partial charge in [0.2, 0.25) is 5.91 Å². The molecule has 1 amide bonds. The van der Waals surface area contributed by atoms with Gasteiger partial charge in [-0.1, -0.05) is 15.9 Å². The Morgan fingerprint density at radius 3 is 3.11 bits per heavy atom. The third-order valence-corrected chi connectivity index (χ3v) is 3.52. The van der Waals surface area contributed by atoms with Gasteiger partial charge >= 0.3 is 0 Å². The van der Waals surface area contributed by atoms with Crippen LogP contribution >= 0.6 is 15.9 Å². The van der Waals surface area contributed by atoms with Gasteiger partial charge in [-0.15, -0.1) is 0 Å². The van der Waals surface area contributed by atoms with E-state index in [0.29, 0.717) is 17.1 Å². The molecule has 1 aliphatic rings. The molecule has 1 aromatic rings. The normalized spacial score (nSPS) is 20.3.